The normalized spacial score (nSPS) is 18.8. The maximum atomic E-state index is 11.5. The molecule has 1 rings (SSSR count). The van der Waals surface area contributed by atoms with Crippen molar-refractivity contribution in [1.82, 2.24) is 10.0 Å². The Bertz CT molecular complexity index is 272. The third-order valence-corrected chi connectivity index (χ3v) is 4.57. The van der Waals surface area contributed by atoms with E-state index in [-0.39, 0.29) is 5.75 Å². The van der Waals surface area contributed by atoms with Crippen LogP contribution in [0.2, 0.25) is 0 Å². The van der Waals surface area contributed by atoms with Crippen LogP contribution in [-0.4, -0.2) is 33.8 Å². The molecule has 1 heterocycles. The Kier molecular flexibility index (Phi) is 6.31. The molecule has 2 N–H and O–H groups in total. The minimum atomic E-state index is -3.01. The van der Waals surface area contributed by atoms with Gasteiger partial charge in [-0.25, -0.2) is 13.1 Å². The van der Waals surface area contributed by atoms with Crippen LogP contribution in [0.3, 0.4) is 0 Å². The standard InChI is InChI=1S/C11H24N2O2S/c1-2-3-10-16(14,15)13-9-6-11-4-7-12-8-5-11/h11-13H,2-10H2,1H3. The Morgan fingerprint density at radius 1 is 1.31 bits per heavy atom. The fraction of sp³-hybridized carbons (Fsp3) is 1.00. The zero-order chi connectivity index (χ0) is 11.9. The van der Waals surface area contributed by atoms with Crippen LogP contribution < -0.4 is 10.0 Å². The molecular weight excluding hydrogens is 224 g/mol. The molecule has 0 aromatic rings. The fourth-order valence-electron chi connectivity index (χ4n) is 2.00. The van der Waals surface area contributed by atoms with E-state index in [1.807, 2.05) is 6.92 Å². The highest BCUT2D eigenvalue weighted by Crippen LogP contribution is 2.14. The molecule has 0 aliphatic carbocycles. The first kappa shape index (κ1) is 13.9. The van der Waals surface area contributed by atoms with Crippen LogP contribution in [0.4, 0.5) is 0 Å². The molecule has 0 bridgehead atoms. The van der Waals surface area contributed by atoms with Gasteiger partial charge in [0.15, 0.2) is 0 Å². The van der Waals surface area contributed by atoms with Gasteiger partial charge >= 0.3 is 0 Å². The summed E-state index contributed by atoms with van der Waals surface area (Å²) in [5, 5.41) is 3.31. The predicted octanol–water partition coefficient (Wildman–Crippen LogP) is 1.10. The maximum absolute atomic E-state index is 11.5. The maximum Gasteiger partial charge on any atom is 0.211 e. The highest BCUT2D eigenvalue weighted by molar-refractivity contribution is 7.89. The van der Waals surface area contributed by atoms with E-state index in [2.05, 4.69) is 10.0 Å². The summed E-state index contributed by atoms with van der Waals surface area (Å²) in [4.78, 5) is 0. The number of hydrogen-bond donors (Lipinski definition) is 2. The highest BCUT2D eigenvalue weighted by atomic mass is 32.2. The van der Waals surface area contributed by atoms with E-state index in [9.17, 15) is 8.42 Å². The van der Waals surface area contributed by atoms with Crippen molar-refractivity contribution in [3.63, 3.8) is 0 Å². The van der Waals surface area contributed by atoms with Crippen LogP contribution in [0, 0.1) is 5.92 Å². The Balaban J connectivity index is 2.13. The van der Waals surface area contributed by atoms with Crippen molar-refractivity contribution in [2.45, 2.75) is 39.0 Å². The largest absolute Gasteiger partial charge is 0.317 e. The number of rotatable bonds is 7. The van der Waals surface area contributed by atoms with Gasteiger partial charge in [0, 0.05) is 6.54 Å². The van der Waals surface area contributed by atoms with Crippen molar-refractivity contribution < 1.29 is 8.42 Å². The topological polar surface area (TPSA) is 58.2 Å². The molecule has 1 saturated heterocycles. The third kappa shape index (κ3) is 5.82. The number of nitrogens with one attached hydrogen (secondary N) is 2. The second kappa shape index (κ2) is 7.25. The van der Waals surface area contributed by atoms with Crippen LogP contribution in [-0.2, 0) is 10.0 Å². The number of unbranched alkanes of at least 4 members (excludes halogenated alkanes) is 1. The summed E-state index contributed by atoms with van der Waals surface area (Å²) in [6, 6.07) is 0. The molecule has 0 amide bonds. The molecule has 1 aliphatic heterocycles. The van der Waals surface area contributed by atoms with Gasteiger partial charge in [0.2, 0.25) is 10.0 Å². The first-order valence-corrected chi connectivity index (χ1v) is 7.97. The molecule has 0 spiro atoms. The first-order chi connectivity index (χ1) is 7.64. The Hall–Kier alpha value is -0.130. The van der Waals surface area contributed by atoms with Gasteiger partial charge < -0.3 is 5.32 Å². The lowest BCUT2D eigenvalue weighted by molar-refractivity contribution is 0.354. The second-order valence-corrected chi connectivity index (χ2v) is 6.48. The summed E-state index contributed by atoms with van der Waals surface area (Å²) in [6.07, 6.45) is 5.01. The van der Waals surface area contributed by atoms with Gasteiger partial charge in [0.05, 0.1) is 5.75 Å². The van der Waals surface area contributed by atoms with Gasteiger partial charge in [-0.2, -0.15) is 0 Å². The summed E-state index contributed by atoms with van der Waals surface area (Å²) in [5.41, 5.74) is 0. The van der Waals surface area contributed by atoms with E-state index in [1.165, 1.54) is 12.8 Å². The fourth-order valence-corrected chi connectivity index (χ4v) is 3.24. The van der Waals surface area contributed by atoms with Crippen LogP contribution in [0.25, 0.3) is 0 Å². The van der Waals surface area contributed by atoms with Gasteiger partial charge in [-0.3, -0.25) is 0 Å². The molecule has 0 unspecified atom stereocenters. The zero-order valence-corrected chi connectivity index (χ0v) is 11.0. The Morgan fingerprint density at radius 2 is 2.00 bits per heavy atom. The van der Waals surface area contributed by atoms with Crippen molar-refractivity contribution in [2.24, 2.45) is 5.92 Å². The molecule has 1 aliphatic rings. The van der Waals surface area contributed by atoms with E-state index >= 15 is 0 Å². The molecule has 0 saturated carbocycles. The minimum Gasteiger partial charge on any atom is -0.317 e. The molecule has 0 aromatic carbocycles. The first-order valence-electron chi connectivity index (χ1n) is 6.32. The van der Waals surface area contributed by atoms with Gasteiger partial charge in [0.25, 0.3) is 0 Å². The summed E-state index contributed by atoms with van der Waals surface area (Å²) >= 11 is 0. The zero-order valence-electron chi connectivity index (χ0n) is 10.2. The average Bonchev–Trinajstić information content (AvgIpc) is 2.28. The van der Waals surface area contributed by atoms with Crippen molar-refractivity contribution in [1.29, 1.82) is 0 Å². The van der Waals surface area contributed by atoms with Crippen LogP contribution in [0.1, 0.15) is 39.0 Å². The molecule has 5 heteroatoms. The molecule has 0 radical (unpaired) electrons. The highest BCUT2D eigenvalue weighted by Gasteiger charge is 2.14. The summed E-state index contributed by atoms with van der Waals surface area (Å²) in [7, 11) is -3.01. The number of hydrogen-bond acceptors (Lipinski definition) is 3. The van der Waals surface area contributed by atoms with E-state index in [4.69, 9.17) is 0 Å². The Morgan fingerprint density at radius 3 is 2.62 bits per heavy atom. The SMILES string of the molecule is CCCCS(=O)(=O)NCCC1CCNCC1. The predicted molar refractivity (Wildman–Crippen MR) is 66.9 cm³/mol. The molecule has 0 atom stereocenters. The van der Waals surface area contributed by atoms with Gasteiger partial charge in [0.1, 0.15) is 0 Å². The van der Waals surface area contributed by atoms with Crippen LogP contribution in [0.5, 0.6) is 0 Å². The number of piperidine rings is 1. The smallest absolute Gasteiger partial charge is 0.211 e. The second-order valence-electron chi connectivity index (χ2n) is 4.55. The van der Waals surface area contributed by atoms with Gasteiger partial charge in [-0.1, -0.05) is 13.3 Å². The van der Waals surface area contributed by atoms with E-state index < -0.39 is 10.0 Å². The molecule has 0 aromatic heterocycles. The van der Waals surface area contributed by atoms with Crippen LogP contribution >= 0.6 is 0 Å². The Labute approximate surface area is 99.2 Å². The lowest BCUT2D eigenvalue weighted by Crippen LogP contribution is -2.32. The average molecular weight is 248 g/mol. The summed E-state index contributed by atoms with van der Waals surface area (Å²) < 4.78 is 25.7. The van der Waals surface area contributed by atoms with E-state index in [0.29, 0.717) is 12.5 Å². The number of sulfonamides is 1. The lowest BCUT2D eigenvalue weighted by Gasteiger charge is -2.22. The van der Waals surface area contributed by atoms with Gasteiger partial charge in [-0.15, -0.1) is 0 Å². The van der Waals surface area contributed by atoms with Crippen LogP contribution in [0.15, 0.2) is 0 Å². The minimum absolute atomic E-state index is 0.274. The van der Waals surface area contributed by atoms with E-state index in [1.54, 1.807) is 0 Å². The summed E-state index contributed by atoms with van der Waals surface area (Å²) in [6.45, 7) is 4.77. The van der Waals surface area contributed by atoms with E-state index in [0.717, 1.165) is 32.4 Å². The monoisotopic (exact) mass is 248 g/mol. The van der Waals surface area contributed by atoms with Crippen molar-refractivity contribution in [2.75, 3.05) is 25.4 Å². The van der Waals surface area contributed by atoms with Crippen molar-refractivity contribution >= 4 is 10.0 Å². The molecule has 4 nitrogen and oxygen atoms in total. The van der Waals surface area contributed by atoms with Crippen molar-refractivity contribution in [3.8, 4) is 0 Å². The van der Waals surface area contributed by atoms with Crippen molar-refractivity contribution in [3.05, 3.63) is 0 Å². The van der Waals surface area contributed by atoms with Gasteiger partial charge in [-0.05, 0) is 44.7 Å². The lowest BCUT2D eigenvalue weighted by atomic mass is 9.95. The summed E-state index contributed by atoms with van der Waals surface area (Å²) in [5.74, 6) is 0.963. The molecule has 96 valence electrons. The quantitative estimate of drug-likeness (QED) is 0.709. The molecule has 1 fully saturated rings. The molecular formula is C11H24N2O2S. The third-order valence-electron chi connectivity index (χ3n) is 3.10. The molecule has 16 heavy (non-hydrogen) atoms.